The van der Waals surface area contributed by atoms with E-state index in [1.807, 2.05) is 0 Å². The number of anilines is 1. The molecule has 0 spiro atoms. The van der Waals surface area contributed by atoms with Crippen LogP contribution in [0.2, 0.25) is 0 Å². The average Bonchev–Trinajstić information content (AvgIpc) is 3.40. The van der Waals surface area contributed by atoms with Crippen LogP contribution in [-0.2, 0) is 17.5 Å². The zero-order valence-corrected chi connectivity index (χ0v) is 23.8. The highest BCUT2D eigenvalue weighted by atomic mass is 32.2. The van der Waals surface area contributed by atoms with Gasteiger partial charge in [0.05, 0.1) is 44.9 Å². The SMILES string of the molecule is COc1cc(C(=O)NCc2nnc(SCC(=O)Nc3ccccc3C(F)(F)F)n2-c2ccc(F)cc2)cc(OC)c1OC. The number of hydrogen-bond acceptors (Lipinski definition) is 8. The van der Waals surface area contributed by atoms with E-state index in [1.165, 1.54) is 74.4 Å². The van der Waals surface area contributed by atoms with Crippen LogP contribution in [0.5, 0.6) is 17.2 Å². The first-order chi connectivity index (χ1) is 20.5. The molecule has 0 aliphatic heterocycles. The third-order valence-corrected chi connectivity index (χ3v) is 6.89. The van der Waals surface area contributed by atoms with Crippen LogP contribution in [0, 0.1) is 5.82 Å². The number of hydrogen-bond donors (Lipinski definition) is 2. The highest BCUT2D eigenvalue weighted by Crippen LogP contribution is 2.38. The number of methoxy groups -OCH3 is 3. The molecule has 2 amide bonds. The number of para-hydroxylation sites is 1. The molecule has 0 saturated heterocycles. The number of rotatable bonds is 11. The molecular weight excluding hydrogens is 594 g/mol. The largest absolute Gasteiger partial charge is 0.493 e. The van der Waals surface area contributed by atoms with Crippen molar-refractivity contribution in [2.75, 3.05) is 32.4 Å². The number of nitrogens with one attached hydrogen (secondary N) is 2. The predicted molar refractivity (Wildman–Crippen MR) is 149 cm³/mol. The topological polar surface area (TPSA) is 117 Å². The molecule has 1 heterocycles. The molecule has 0 saturated carbocycles. The molecule has 1 aromatic heterocycles. The Balaban J connectivity index is 1.54. The number of nitrogens with zero attached hydrogens (tertiary/aromatic N) is 3. The van der Waals surface area contributed by atoms with Gasteiger partial charge in [0.15, 0.2) is 22.5 Å². The number of carbonyl (C=O) groups is 2. The lowest BCUT2D eigenvalue weighted by Gasteiger charge is -2.15. The van der Waals surface area contributed by atoms with Gasteiger partial charge < -0.3 is 24.8 Å². The Hall–Kier alpha value is -4.79. The molecule has 0 radical (unpaired) electrons. The molecule has 4 rings (SSSR count). The first-order valence-corrected chi connectivity index (χ1v) is 13.4. The Morgan fingerprint density at radius 3 is 2.19 bits per heavy atom. The number of carbonyl (C=O) groups excluding carboxylic acids is 2. The van der Waals surface area contributed by atoms with Crippen LogP contribution in [0.4, 0.5) is 23.2 Å². The van der Waals surface area contributed by atoms with Crippen molar-refractivity contribution in [3.8, 4) is 22.9 Å². The summed E-state index contributed by atoms with van der Waals surface area (Å²) >= 11 is 0.895. The van der Waals surface area contributed by atoms with Gasteiger partial charge in [0.1, 0.15) is 5.82 Å². The summed E-state index contributed by atoms with van der Waals surface area (Å²) in [6, 6.07) is 12.9. The Morgan fingerprint density at radius 2 is 1.58 bits per heavy atom. The molecule has 0 fully saturated rings. The van der Waals surface area contributed by atoms with Crippen molar-refractivity contribution in [2.24, 2.45) is 0 Å². The summed E-state index contributed by atoms with van der Waals surface area (Å²) in [6.07, 6.45) is -4.65. The molecule has 43 heavy (non-hydrogen) atoms. The molecule has 226 valence electrons. The molecule has 2 N–H and O–H groups in total. The van der Waals surface area contributed by atoms with Crippen LogP contribution in [0.1, 0.15) is 21.7 Å². The molecule has 10 nitrogen and oxygen atoms in total. The highest BCUT2D eigenvalue weighted by molar-refractivity contribution is 7.99. The van der Waals surface area contributed by atoms with Gasteiger partial charge in [-0.3, -0.25) is 14.2 Å². The van der Waals surface area contributed by atoms with Crippen LogP contribution in [0.25, 0.3) is 5.69 Å². The van der Waals surface area contributed by atoms with Crippen LogP contribution in [0.3, 0.4) is 0 Å². The summed E-state index contributed by atoms with van der Waals surface area (Å²) in [5.41, 5.74) is -0.731. The van der Waals surface area contributed by atoms with Crippen molar-refractivity contribution in [3.05, 3.63) is 83.4 Å². The third kappa shape index (κ3) is 7.35. The Kier molecular flexibility index (Phi) is 9.75. The van der Waals surface area contributed by atoms with Gasteiger partial charge in [-0.25, -0.2) is 4.39 Å². The van der Waals surface area contributed by atoms with E-state index in [0.717, 1.165) is 23.9 Å². The Labute approximate surface area is 247 Å². The first-order valence-electron chi connectivity index (χ1n) is 12.4. The Morgan fingerprint density at radius 1 is 0.930 bits per heavy atom. The molecule has 15 heteroatoms. The van der Waals surface area contributed by atoms with E-state index in [4.69, 9.17) is 14.2 Å². The number of halogens is 4. The summed E-state index contributed by atoms with van der Waals surface area (Å²) in [7, 11) is 4.26. The van der Waals surface area contributed by atoms with Gasteiger partial charge in [-0.15, -0.1) is 10.2 Å². The standard InChI is InChI=1S/C28H25F4N5O5S/c1-40-21-12-16(13-22(41-2)25(21)42-3)26(39)33-14-23-35-36-27(37(23)18-10-8-17(29)9-11-18)43-15-24(38)34-20-7-5-4-6-19(20)28(30,31)32/h4-13H,14-15H2,1-3H3,(H,33,39)(H,34,38). The zero-order chi connectivity index (χ0) is 31.1. The number of thioether (sulfide) groups is 1. The molecule has 0 aliphatic carbocycles. The lowest BCUT2D eigenvalue weighted by atomic mass is 10.1. The lowest BCUT2D eigenvalue weighted by Crippen LogP contribution is -2.25. The fraction of sp³-hybridized carbons (Fsp3) is 0.214. The number of aromatic nitrogens is 3. The lowest BCUT2D eigenvalue weighted by molar-refractivity contribution is -0.137. The van der Waals surface area contributed by atoms with Crippen molar-refractivity contribution in [1.29, 1.82) is 0 Å². The highest BCUT2D eigenvalue weighted by Gasteiger charge is 2.33. The van der Waals surface area contributed by atoms with Crippen LogP contribution in [0.15, 0.2) is 65.8 Å². The second kappa shape index (κ2) is 13.5. The van der Waals surface area contributed by atoms with Crippen LogP contribution >= 0.6 is 11.8 Å². The molecular formula is C28H25F4N5O5S. The number of alkyl halides is 3. The number of ether oxygens (including phenoxy) is 3. The average molecular weight is 620 g/mol. The van der Waals surface area contributed by atoms with Gasteiger partial charge in [0.2, 0.25) is 11.7 Å². The quantitative estimate of drug-likeness (QED) is 0.176. The van der Waals surface area contributed by atoms with Crippen molar-refractivity contribution in [3.63, 3.8) is 0 Å². The minimum atomic E-state index is -4.65. The third-order valence-electron chi connectivity index (χ3n) is 5.96. The molecule has 0 aliphatic rings. The molecule has 3 aromatic carbocycles. The van der Waals surface area contributed by atoms with E-state index in [9.17, 15) is 27.2 Å². The minimum absolute atomic E-state index is 0.133. The van der Waals surface area contributed by atoms with Gasteiger partial charge in [0, 0.05) is 11.3 Å². The van der Waals surface area contributed by atoms with E-state index >= 15 is 0 Å². The van der Waals surface area contributed by atoms with Crippen molar-refractivity contribution < 1.29 is 41.4 Å². The van der Waals surface area contributed by atoms with Gasteiger partial charge in [-0.2, -0.15) is 13.2 Å². The minimum Gasteiger partial charge on any atom is -0.493 e. The summed E-state index contributed by atoms with van der Waals surface area (Å²) in [5.74, 6) is -0.942. The first kappa shape index (κ1) is 31.2. The van der Waals surface area contributed by atoms with Gasteiger partial charge >= 0.3 is 6.18 Å². The summed E-state index contributed by atoms with van der Waals surface area (Å²) < 4.78 is 71.0. The maximum atomic E-state index is 13.7. The zero-order valence-electron chi connectivity index (χ0n) is 23.0. The van der Waals surface area contributed by atoms with E-state index in [2.05, 4.69) is 20.8 Å². The van der Waals surface area contributed by atoms with Gasteiger partial charge in [0.25, 0.3) is 5.91 Å². The molecule has 0 atom stereocenters. The summed E-state index contributed by atoms with van der Waals surface area (Å²) in [5, 5.41) is 13.4. The Bertz CT molecular complexity index is 1590. The molecule has 0 unspecified atom stereocenters. The monoisotopic (exact) mass is 619 g/mol. The summed E-state index contributed by atoms with van der Waals surface area (Å²) in [6.45, 7) is -0.133. The van der Waals surface area contributed by atoms with Crippen molar-refractivity contribution in [1.82, 2.24) is 20.1 Å². The number of amides is 2. The maximum absolute atomic E-state index is 13.7. The molecule has 4 aromatic rings. The predicted octanol–water partition coefficient (Wildman–Crippen LogP) is 5.11. The van der Waals surface area contributed by atoms with Crippen molar-refractivity contribution in [2.45, 2.75) is 17.9 Å². The maximum Gasteiger partial charge on any atom is 0.418 e. The van der Waals surface area contributed by atoms with Gasteiger partial charge in [-0.05, 0) is 48.5 Å². The van der Waals surface area contributed by atoms with E-state index in [0.29, 0.717) is 11.4 Å². The fourth-order valence-electron chi connectivity index (χ4n) is 3.99. The van der Waals surface area contributed by atoms with E-state index in [-0.39, 0.29) is 46.0 Å². The normalized spacial score (nSPS) is 11.1. The fourth-order valence-corrected chi connectivity index (χ4v) is 4.76. The van der Waals surface area contributed by atoms with Crippen LogP contribution in [-0.4, -0.2) is 53.7 Å². The van der Waals surface area contributed by atoms with E-state index < -0.39 is 29.4 Å². The second-order valence-electron chi connectivity index (χ2n) is 8.69. The smallest absolute Gasteiger partial charge is 0.418 e. The summed E-state index contributed by atoms with van der Waals surface area (Å²) in [4.78, 5) is 25.6. The van der Waals surface area contributed by atoms with E-state index in [1.54, 1.807) is 0 Å². The van der Waals surface area contributed by atoms with Crippen molar-refractivity contribution >= 4 is 29.3 Å². The van der Waals surface area contributed by atoms with Crippen LogP contribution < -0.4 is 24.8 Å². The molecule has 0 bridgehead atoms. The van der Waals surface area contributed by atoms with Gasteiger partial charge in [-0.1, -0.05) is 23.9 Å². The number of benzene rings is 3. The second-order valence-corrected chi connectivity index (χ2v) is 9.63.